The number of nitrogens with one attached hydrogen (secondary N) is 1. The highest BCUT2D eigenvalue weighted by atomic mass is 14.9. The molecule has 1 heterocycles. The zero-order valence-electron chi connectivity index (χ0n) is 11.7. The number of pyridine rings is 1. The SMILES string of the molecule is CCNC(CCCc1ccccn1)C(C)(C)C. The van der Waals surface area contributed by atoms with Crippen molar-refractivity contribution in [3.8, 4) is 0 Å². The summed E-state index contributed by atoms with van der Waals surface area (Å²) in [5, 5.41) is 3.59. The number of hydrogen-bond donors (Lipinski definition) is 1. The Morgan fingerprint density at radius 3 is 2.59 bits per heavy atom. The van der Waals surface area contributed by atoms with Gasteiger partial charge in [0.05, 0.1) is 0 Å². The van der Waals surface area contributed by atoms with Crippen LogP contribution in [0.1, 0.15) is 46.2 Å². The van der Waals surface area contributed by atoms with E-state index in [0.717, 1.165) is 13.0 Å². The van der Waals surface area contributed by atoms with Crippen molar-refractivity contribution in [2.45, 2.75) is 53.0 Å². The highest BCUT2D eigenvalue weighted by Gasteiger charge is 2.22. The van der Waals surface area contributed by atoms with Crippen LogP contribution in [0.2, 0.25) is 0 Å². The number of rotatable bonds is 6. The van der Waals surface area contributed by atoms with Gasteiger partial charge in [0.15, 0.2) is 0 Å². The van der Waals surface area contributed by atoms with E-state index >= 15 is 0 Å². The van der Waals surface area contributed by atoms with Crippen molar-refractivity contribution in [1.29, 1.82) is 0 Å². The Labute approximate surface area is 106 Å². The minimum Gasteiger partial charge on any atom is -0.314 e. The van der Waals surface area contributed by atoms with Crippen molar-refractivity contribution >= 4 is 0 Å². The normalized spacial score (nSPS) is 13.6. The second kappa shape index (κ2) is 6.75. The molecular weight excluding hydrogens is 208 g/mol. The van der Waals surface area contributed by atoms with Gasteiger partial charge in [-0.2, -0.15) is 0 Å². The summed E-state index contributed by atoms with van der Waals surface area (Å²) in [6.07, 6.45) is 5.37. The maximum absolute atomic E-state index is 4.36. The Kier molecular flexibility index (Phi) is 5.63. The highest BCUT2D eigenvalue weighted by Crippen LogP contribution is 2.23. The van der Waals surface area contributed by atoms with Gasteiger partial charge < -0.3 is 5.32 Å². The molecule has 0 fully saturated rings. The Bertz CT molecular complexity index is 300. The standard InChI is InChI=1S/C15H26N2/c1-5-16-14(15(2,3)4)11-8-10-13-9-6-7-12-17-13/h6-7,9,12,14,16H,5,8,10-11H2,1-4H3. The van der Waals surface area contributed by atoms with Gasteiger partial charge in [-0.15, -0.1) is 0 Å². The van der Waals surface area contributed by atoms with Crippen LogP contribution in [0.25, 0.3) is 0 Å². The van der Waals surface area contributed by atoms with Crippen molar-refractivity contribution < 1.29 is 0 Å². The van der Waals surface area contributed by atoms with Gasteiger partial charge in [-0.3, -0.25) is 4.98 Å². The molecule has 0 saturated carbocycles. The summed E-state index contributed by atoms with van der Waals surface area (Å²) >= 11 is 0. The minimum absolute atomic E-state index is 0.333. The molecule has 1 rings (SSSR count). The zero-order valence-corrected chi connectivity index (χ0v) is 11.7. The maximum Gasteiger partial charge on any atom is 0.0403 e. The van der Waals surface area contributed by atoms with E-state index in [0.29, 0.717) is 11.5 Å². The van der Waals surface area contributed by atoms with E-state index in [1.54, 1.807) is 0 Å². The first-order valence-electron chi connectivity index (χ1n) is 6.67. The van der Waals surface area contributed by atoms with Gasteiger partial charge in [0.1, 0.15) is 0 Å². The summed E-state index contributed by atoms with van der Waals surface area (Å²) in [5.74, 6) is 0. The zero-order chi connectivity index (χ0) is 12.7. The van der Waals surface area contributed by atoms with E-state index in [-0.39, 0.29) is 0 Å². The van der Waals surface area contributed by atoms with E-state index in [1.807, 2.05) is 12.3 Å². The first-order chi connectivity index (χ1) is 8.04. The quantitative estimate of drug-likeness (QED) is 0.815. The molecule has 0 aliphatic heterocycles. The first-order valence-corrected chi connectivity index (χ1v) is 6.67. The number of aromatic nitrogens is 1. The van der Waals surface area contributed by atoms with Crippen molar-refractivity contribution in [3.63, 3.8) is 0 Å². The second-order valence-corrected chi connectivity index (χ2v) is 5.69. The molecule has 0 aliphatic rings. The average molecular weight is 234 g/mol. The molecule has 0 bridgehead atoms. The molecule has 2 heteroatoms. The minimum atomic E-state index is 0.333. The van der Waals surface area contributed by atoms with Gasteiger partial charge in [-0.1, -0.05) is 33.8 Å². The summed E-state index contributed by atoms with van der Waals surface area (Å²) < 4.78 is 0. The number of nitrogens with zero attached hydrogens (tertiary/aromatic N) is 1. The fraction of sp³-hybridized carbons (Fsp3) is 0.667. The molecule has 0 spiro atoms. The Morgan fingerprint density at radius 1 is 1.29 bits per heavy atom. The van der Waals surface area contributed by atoms with Crippen molar-refractivity contribution in [1.82, 2.24) is 10.3 Å². The van der Waals surface area contributed by atoms with Gasteiger partial charge >= 0.3 is 0 Å². The molecule has 0 aliphatic carbocycles. The van der Waals surface area contributed by atoms with E-state index in [2.05, 4.69) is 50.1 Å². The molecule has 2 nitrogen and oxygen atoms in total. The largest absolute Gasteiger partial charge is 0.314 e. The molecule has 0 radical (unpaired) electrons. The van der Waals surface area contributed by atoms with Gasteiger partial charge in [0.25, 0.3) is 0 Å². The van der Waals surface area contributed by atoms with Crippen LogP contribution in [0.5, 0.6) is 0 Å². The smallest absolute Gasteiger partial charge is 0.0403 e. The van der Waals surface area contributed by atoms with Crippen molar-refractivity contribution in [2.24, 2.45) is 5.41 Å². The van der Waals surface area contributed by atoms with Gasteiger partial charge in [0, 0.05) is 17.9 Å². The Morgan fingerprint density at radius 2 is 2.06 bits per heavy atom. The van der Waals surface area contributed by atoms with Crippen molar-refractivity contribution in [3.05, 3.63) is 30.1 Å². The van der Waals surface area contributed by atoms with Crippen LogP contribution in [0, 0.1) is 5.41 Å². The Balaban J connectivity index is 2.37. The predicted molar refractivity (Wildman–Crippen MR) is 74.1 cm³/mol. The summed E-state index contributed by atoms with van der Waals surface area (Å²) in [6, 6.07) is 6.74. The molecule has 0 saturated heterocycles. The third kappa shape index (κ3) is 5.31. The van der Waals surface area contributed by atoms with E-state index in [9.17, 15) is 0 Å². The van der Waals surface area contributed by atoms with Crippen molar-refractivity contribution in [2.75, 3.05) is 6.54 Å². The molecular formula is C15H26N2. The van der Waals surface area contributed by atoms with Crippen LogP contribution in [-0.4, -0.2) is 17.6 Å². The molecule has 0 amide bonds. The molecule has 1 unspecified atom stereocenters. The first kappa shape index (κ1) is 14.2. The summed E-state index contributed by atoms with van der Waals surface area (Å²) in [6.45, 7) is 10.1. The number of hydrogen-bond acceptors (Lipinski definition) is 2. The number of aryl methyl sites for hydroxylation is 1. The average Bonchev–Trinajstić information content (AvgIpc) is 2.28. The summed E-state index contributed by atoms with van der Waals surface area (Å²) in [5.41, 5.74) is 1.54. The van der Waals surface area contributed by atoms with E-state index in [1.165, 1.54) is 18.5 Å². The third-order valence-electron chi connectivity index (χ3n) is 3.15. The molecule has 1 N–H and O–H groups in total. The van der Waals surface area contributed by atoms with Crippen LogP contribution in [0.3, 0.4) is 0 Å². The summed E-state index contributed by atoms with van der Waals surface area (Å²) in [4.78, 5) is 4.36. The van der Waals surface area contributed by atoms with Crippen LogP contribution >= 0.6 is 0 Å². The lowest BCUT2D eigenvalue weighted by Crippen LogP contribution is -2.40. The lowest BCUT2D eigenvalue weighted by molar-refractivity contribution is 0.254. The van der Waals surface area contributed by atoms with Gasteiger partial charge in [-0.05, 0) is 43.4 Å². The third-order valence-corrected chi connectivity index (χ3v) is 3.15. The van der Waals surface area contributed by atoms with E-state index in [4.69, 9.17) is 0 Å². The molecule has 0 aromatic carbocycles. The highest BCUT2D eigenvalue weighted by molar-refractivity contribution is 5.03. The molecule has 1 aromatic heterocycles. The molecule has 1 atom stereocenters. The topological polar surface area (TPSA) is 24.9 Å². The molecule has 17 heavy (non-hydrogen) atoms. The van der Waals surface area contributed by atoms with Crippen LogP contribution < -0.4 is 5.32 Å². The predicted octanol–water partition coefficient (Wildman–Crippen LogP) is 3.43. The Hall–Kier alpha value is -0.890. The fourth-order valence-electron chi connectivity index (χ4n) is 2.12. The lowest BCUT2D eigenvalue weighted by Gasteiger charge is -2.31. The summed E-state index contributed by atoms with van der Waals surface area (Å²) in [7, 11) is 0. The molecule has 1 aromatic rings. The second-order valence-electron chi connectivity index (χ2n) is 5.69. The lowest BCUT2D eigenvalue weighted by atomic mass is 9.83. The van der Waals surface area contributed by atoms with Crippen LogP contribution in [0.15, 0.2) is 24.4 Å². The van der Waals surface area contributed by atoms with Gasteiger partial charge in [-0.25, -0.2) is 0 Å². The maximum atomic E-state index is 4.36. The fourth-order valence-corrected chi connectivity index (χ4v) is 2.12. The molecule has 96 valence electrons. The van der Waals surface area contributed by atoms with Gasteiger partial charge in [0.2, 0.25) is 0 Å². The van der Waals surface area contributed by atoms with Crippen LogP contribution in [0.4, 0.5) is 0 Å². The van der Waals surface area contributed by atoms with Crippen LogP contribution in [-0.2, 0) is 6.42 Å². The van der Waals surface area contributed by atoms with E-state index < -0.39 is 0 Å². The monoisotopic (exact) mass is 234 g/mol.